The van der Waals surface area contributed by atoms with Gasteiger partial charge in [-0.3, -0.25) is 14.6 Å². The summed E-state index contributed by atoms with van der Waals surface area (Å²) in [5.41, 5.74) is -0.285. The van der Waals surface area contributed by atoms with Crippen molar-refractivity contribution in [3.63, 3.8) is 0 Å². The molecule has 2 aromatic rings. The van der Waals surface area contributed by atoms with Crippen LogP contribution >= 0.6 is 0 Å². The highest BCUT2D eigenvalue weighted by Crippen LogP contribution is 2.10. The molecular weight excluding hydrogens is 248 g/mol. The summed E-state index contributed by atoms with van der Waals surface area (Å²) in [6, 6.07) is 7.22. The summed E-state index contributed by atoms with van der Waals surface area (Å²) in [7, 11) is 0. The Hall–Kier alpha value is -2.70. The van der Waals surface area contributed by atoms with Gasteiger partial charge in [0.05, 0.1) is 0 Å². The molecule has 0 fully saturated rings. The lowest BCUT2D eigenvalue weighted by atomic mass is 10.1. The summed E-state index contributed by atoms with van der Waals surface area (Å²) in [6.07, 6.45) is 0.898. The van der Waals surface area contributed by atoms with Crippen molar-refractivity contribution in [3.8, 4) is 0 Å². The molecule has 0 aliphatic rings. The first-order valence-corrected chi connectivity index (χ1v) is 5.69. The van der Waals surface area contributed by atoms with Crippen molar-refractivity contribution in [2.45, 2.75) is 13.3 Å². The topological polar surface area (TPSA) is 108 Å². The summed E-state index contributed by atoms with van der Waals surface area (Å²) < 4.78 is 0. The van der Waals surface area contributed by atoms with Gasteiger partial charge in [-0.25, -0.2) is 9.89 Å². The first-order chi connectivity index (χ1) is 9.10. The summed E-state index contributed by atoms with van der Waals surface area (Å²) in [4.78, 5) is 35.9. The van der Waals surface area contributed by atoms with E-state index in [4.69, 9.17) is 0 Å². The third-order valence-electron chi connectivity index (χ3n) is 2.55. The second-order valence-corrected chi connectivity index (χ2v) is 3.86. The number of nitrogens with zero attached hydrogens (tertiary/aromatic N) is 1. The number of H-pyrrole nitrogens is 2. The fraction of sp³-hybridized carbons (Fsp3) is 0.167. The highest BCUT2D eigenvalue weighted by molar-refractivity contribution is 6.02. The minimum Gasteiger partial charge on any atom is -0.320 e. The lowest BCUT2D eigenvalue weighted by Crippen LogP contribution is -2.32. The van der Waals surface area contributed by atoms with Crippen molar-refractivity contribution in [1.82, 2.24) is 15.2 Å². The molecule has 7 heteroatoms. The van der Waals surface area contributed by atoms with Crippen molar-refractivity contribution in [3.05, 3.63) is 56.4 Å². The van der Waals surface area contributed by atoms with Crippen molar-refractivity contribution in [2.24, 2.45) is 0 Å². The number of carbonyl (C=O) groups excluding carboxylic acids is 1. The van der Waals surface area contributed by atoms with E-state index in [2.05, 4.69) is 10.4 Å². The molecule has 3 N–H and O–H groups in total. The van der Waals surface area contributed by atoms with Crippen LogP contribution in [-0.2, 0) is 6.42 Å². The third-order valence-corrected chi connectivity index (χ3v) is 2.55. The molecule has 0 unspecified atom stereocenters. The van der Waals surface area contributed by atoms with Gasteiger partial charge in [0, 0.05) is 5.69 Å². The second kappa shape index (κ2) is 5.30. The van der Waals surface area contributed by atoms with E-state index in [1.807, 2.05) is 29.1 Å². The van der Waals surface area contributed by atoms with Gasteiger partial charge in [-0.15, -0.1) is 0 Å². The molecule has 0 aliphatic carbocycles. The number of hydrogen-bond donors (Lipinski definition) is 3. The second-order valence-electron chi connectivity index (χ2n) is 3.86. The largest absolute Gasteiger partial charge is 0.342 e. The van der Waals surface area contributed by atoms with Gasteiger partial charge in [-0.05, 0) is 24.1 Å². The molecule has 0 saturated carbocycles. The van der Waals surface area contributed by atoms with Gasteiger partial charge < -0.3 is 5.32 Å². The van der Waals surface area contributed by atoms with E-state index >= 15 is 0 Å². The predicted octanol–water partition coefficient (Wildman–Crippen LogP) is 0.273. The number of amides is 1. The molecule has 0 aliphatic heterocycles. The first-order valence-electron chi connectivity index (χ1n) is 5.69. The Bertz CT molecular complexity index is 700. The Morgan fingerprint density at radius 1 is 1.26 bits per heavy atom. The Morgan fingerprint density at radius 2 is 1.95 bits per heavy atom. The molecule has 19 heavy (non-hydrogen) atoms. The first kappa shape index (κ1) is 12.7. The Kier molecular flexibility index (Phi) is 3.56. The molecule has 1 aromatic heterocycles. The number of aromatic amines is 2. The molecule has 1 amide bonds. The van der Waals surface area contributed by atoms with E-state index in [1.165, 1.54) is 0 Å². The normalized spacial score (nSPS) is 10.2. The maximum Gasteiger partial charge on any atom is 0.342 e. The third kappa shape index (κ3) is 2.95. The Balaban J connectivity index is 2.20. The lowest BCUT2D eigenvalue weighted by Gasteiger charge is -2.04. The highest BCUT2D eigenvalue weighted by Gasteiger charge is 2.13. The molecule has 7 nitrogen and oxygen atoms in total. The molecular formula is C12H12N4O3. The molecule has 0 radical (unpaired) electrons. The van der Waals surface area contributed by atoms with E-state index in [1.54, 1.807) is 12.1 Å². The monoisotopic (exact) mass is 260 g/mol. The van der Waals surface area contributed by atoms with Gasteiger partial charge in [0.1, 0.15) is 0 Å². The molecule has 0 atom stereocenters. The van der Waals surface area contributed by atoms with Crippen LogP contribution in [0.25, 0.3) is 0 Å². The minimum atomic E-state index is -0.827. The number of rotatable bonds is 3. The van der Waals surface area contributed by atoms with E-state index in [0.717, 1.165) is 12.0 Å². The van der Waals surface area contributed by atoms with Crippen LogP contribution in [0.5, 0.6) is 0 Å². The summed E-state index contributed by atoms with van der Waals surface area (Å²) in [5, 5.41) is 7.94. The van der Waals surface area contributed by atoms with Crippen LogP contribution in [0.2, 0.25) is 0 Å². The zero-order chi connectivity index (χ0) is 13.8. The van der Waals surface area contributed by atoms with Crippen molar-refractivity contribution >= 4 is 11.6 Å². The maximum absolute atomic E-state index is 11.8. The number of aromatic nitrogens is 3. The van der Waals surface area contributed by atoms with E-state index in [9.17, 15) is 14.4 Å². The lowest BCUT2D eigenvalue weighted by molar-refractivity contribution is 0.101. The summed E-state index contributed by atoms with van der Waals surface area (Å²) in [6.45, 7) is 2.03. The van der Waals surface area contributed by atoms with Crippen LogP contribution in [0.15, 0.2) is 33.9 Å². The quantitative estimate of drug-likeness (QED) is 0.736. The molecule has 0 spiro atoms. The molecule has 1 heterocycles. The Labute approximate surface area is 107 Å². The average molecular weight is 260 g/mol. The van der Waals surface area contributed by atoms with Crippen LogP contribution in [0.3, 0.4) is 0 Å². The molecule has 98 valence electrons. The molecule has 0 saturated heterocycles. The van der Waals surface area contributed by atoms with Gasteiger partial charge in [-0.1, -0.05) is 19.1 Å². The summed E-state index contributed by atoms with van der Waals surface area (Å²) in [5.74, 6) is -0.679. The van der Waals surface area contributed by atoms with Crippen molar-refractivity contribution < 1.29 is 4.79 Å². The zero-order valence-corrected chi connectivity index (χ0v) is 10.2. The predicted molar refractivity (Wildman–Crippen MR) is 69.3 cm³/mol. The average Bonchev–Trinajstić information content (AvgIpc) is 2.39. The number of anilines is 1. The van der Waals surface area contributed by atoms with Crippen LogP contribution < -0.4 is 16.6 Å². The molecule has 0 bridgehead atoms. The fourth-order valence-electron chi connectivity index (χ4n) is 1.52. The van der Waals surface area contributed by atoms with Crippen LogP contribution in [0.4, 0.5) is 5.69 Å². The van der Waals surface area contributed by atoms with Gasteiger partial charge >= 0.3 is 5.69 Å². The number of carbonyl (C=O) groups is 1. The number of aryl methyl sites for hydroxylation is 1. The van der Waals surface area contributed by atoms with Gasteiger partial charge in [-0.2, -0.15) is 5.10 Å². The molecule has 2 rings (SSSR count). The van der Waals surface area contributed by atoms with Crippen LogP contribution in [-0.4, -0.2) is 21.1 Å². The minimum absolute atomic E-state index is 0.390. The van der Waals surface area contributed by atoms with E-state index in [-0.39, 0.29) is 5.69 Å². The number of hydrogen-bond acceptors (Lipinski definition) is 4. The standard InChI is InChI=1S/C12H12N4O3/c1-2-7-3-5-8(6-4-7)13-10(17)9-11(18)14-12(19)16-15-9/h3-6H,2H2,1H3,(H,13,17)(H2,14,16,18,19). The van der Waals surface area contributed by atoms with E-state index < -0.39 is 17.2 Å². The molecule has 1 aromatic carbocycles. The van der Waals surface area contributed by atoms with Crippen molar-refractivity contribution in [2.75, 3.05) is 5.32 Å². The van der Waals surface area contributed by atoms with Crippen LogP contribution in [0.1, 0.15) is 23.0 Å². The van der Waals surface area contributed by atoms with Gasteiger partial charge in [0.2, 0.25) is 5.69 Å². The van der Waals surface area contributed by atoms with Gasteiger partial charge in [0.25, 0.3) is 11.5 Å². The fourth-order valence-corrected chi connectivity index (χ4v) is 1.52. The Morgan fingerprint density at radius 3 is 2.53 bits per heavy atom. The van der Waals surface area contributed by atoms with Crippen molar-refractivity contribution in [1.29, 1.82) is 0 Å². The van der Waals surface area contributed by atoms with E-state index in [0.29, 0.717) is 5.69 Å². The van der Waals surface area contributed by atoms with Crippen LogP contribution in [0, 0.1) is 0 Å². The number of benzene rings is 1. The SMILES string of the molecule is CCc1ccc(NC(=O)c2n[nH]c(=O)[nH]c2=O)cc1. The number of nitrogens with one attached hydrogen (secondary N) is 3. The zero-order valence-electron chi connectivity index (χ0n) is 10.2. The highest BCUT2D eigenvalue weighted by atomic mass is 16.2. The maximum atomic E-state index is 11.8. The summed E-state index contributed by atoms with van der Waals surface area (Å²) >= 11 is 0. The smallest absolute Gasteiger partial charge is 0.320 e. The van der Waals surface area contributed by atoms with Gasteiger partial charge in [0.15, 0.2) is 0 Å².